The molecule has 1 aliphatic heterocycles. The van der Waals surface area contributed by atoms with Gasteiger partial charge in [0.2, 0.25) is 0 Å². The van der Waals surface area contributed by atoms with Crippen LogP contribution >= 0.6 is 0 Å². The number of carbonyl (C=O) groups excluding carboxylic acids is 2. The summed E-state index contributed by atoms with van der Waals surface area (Å²) >= 11 is 0. The van der Waals surface area contributed by atoms with Crippen molar-refractivity contribution >= 4 is 11.9 Å². The van der Waals surface area contributed by atoms with E-state index in [1.54, 1.807) is 0 Å². The highest BCUT2D eigenvalue weighted by Crippen LogP contribution is 2.18. The Morgan fingerprint density at radius 3 is 2.04 bits per heavy atom. The Balaban J connectivity index is 1.42. The quantitative estimate of drug-likeness (QED) is 0.885. The van der Waals surface area contributed by atoms with Gasteiger partial charge in [-0.3, -0.25) is 4.79 Å². The number of aryl methyl sites for hydroxylation is 1. The van der Waals surface area contributed by atoms with Crippen molar-refractivity contribution in [3.05, 3.63) is 35.4 Å². The highest BCUT2D eigenvalue weighted by atomic mass is 16.2. The highest BCUT2D eigenvalue weighted by Gasteiger charge is 2.25. The first-order valence-corrected chi connectivity index (χ1v) is 9.55. The molecule has 0 spiro atoms. The van der Waals surface area contributed by atoms with Gasteiger partial charge in [-0.2, -0.15) is 0 Å². The van der Waals surface area contributed by atoms with Crippen molar-refractivity contribution in [1.29, 1.82) is 0 Å². The van der Waals surface area contributed by atoms with Crippen molar-refractivity contribution in [3.8, 4) is 0 Å². The van der Waals surface area contributed by atoms with Crippen molar-refractivity contribution < 1.29 is 9.59 Å². The fourth-order valence-electron chi connectivity index (χ4n) is 3.77. The summed E-state index contributed by atoms with van der Waals surface area (Å²) in [5.41, 5.74) is 1.90. The van der Waals surface area contributed by atoms with E-state index in [1.807, 2.05) is 36.1 Å². The number of benzene rings is 1. The van der Waals surface area contributed by atoms with Crippen molar-refractivity contribution in [2.75, 3.05) is 13.1 Å². The van der Waals surface area contributed by atoms with E-state index in [1.165, 1.54) is 19.3 Å². The summed E-state index contributed by atoms with van der Waals surface area (Å²) in [5.74, 6) is 0.0881. The lowest BCUT2D eigenvalue weighted by Gasteiger charge is -2.33. The van der Waals surface area contributed by atoms with Crippen LogP contribution in [0.4, 0.5) is 4.79 Å². The molecular weight excluding hydrogens is 314 g/mol. The minimum Gasteiger partial charge on any atom is -0.338 e. The number of rotatable bonds is 3. The summed E-state index contributed by atoms with van der Waals surface area (Å²) in [6, 6.07) is 8.16. The molecule has 25 heavy (non-hydrogen) atoms. The number of piperidine rings is 1. The fraction of sp³-hybridized carbons (Fsp3) is 0.600. The Labute approximate surface area is 150 Å². The predicted molar refractivity (Wildman–Crippen MR) is 98.6 cm³/mol. The SMILES string of the molecule is Cc1ccc(C(=O)N2CCC(NC(=O)NC3CCCCC3)CC2)cc1. The van der Waals surface area contributed by atoms with Crippen LogP contribution in [0, 0.1) is 6.92 Å². The van der Waals surface area contributed by atoms with Gasteiger partial charge in [0.05, 0.1) is 0 Å². The number of nitrogens with zero attached hydrogens (tertiary/aromatic N) is 1. The monoisotopic (exact) mass is 343 g/mol. The smallest absolute Gasteiger partial charge is 0.315 e. The summed E-state index contributed by atoms with van der Waals surface area (Å²) in [7, 11) is 0. The molecule has 0 radical (unpaired) electrons. The molecule has 1 saturated carbocycles. The first-order valence-electron chi connectivity index (χ1n) is 9.55. The van der Waals surface area contributed by atoms with Gasteiger partial charge in [0, 0.05) is 30.7 Å². The average Bonchev–Trinajstić information content (AvgIpc) is 2.63. The van der Waals surface area contributed by atoms with Crippen LogP contribution in [-0.4, -0.2) is 42.0 Å². The van der Waals surface area contributed by atoms with E-state index in [0.29, 0.717) is 19.1 Å². The molecule has 0 bridgehead atoms. The molecule has 2 N–H and O–H groups in total. The Morgan fingerprint density at radius 2 is 1.44 bits per heavy atom. The molecule has 1 aromatic rings. The average molecular weight is 343 g/mol. The molecule has 0 atom stereocenters. The number of likely N-dealkylation sites (tertiary alicyclic amines) is 1. The van der Waals surface area contributed by atoms with Crippen molar-refractivity contribution in [2.24, 2.45) is 0 Å². The maximum atomic E-state index is 12.5. The lowest BCUT2D eigenvalue weighted by Crippen LogP contribution is -2.51. The maximum absolute atomic E-state index is 12.5. The van der Waals surface area contributed by atoms with Gasteiger partial charge in [-0.1, -0.05) is 37.0 Å². The zero-order chi connectivity index (χ0) is 17.6. The van der Waals surface area contributed by atoms with Crippen LogP contribution in [-0.2, 0) is 0 Å². The fourth-order valence-corrected chi connectivity index (χ4v) is 3.77. The third-order valence-electron chi connectivity index (χ3n) is 5.36. The maximum Gasteiger partial charge on any atom is 0.315 e. The third kappa shape index (κ3) is 4.97. The van der Waals surface area contributed by atoms with E-state index < -0.39 is 0 Å². The van der Waals surface area contributed by atoms with Gasteiger partial charge in [0.1, 0.15) is 0 Å². The van der Waals surface area contributed by atoms with Crippen LogP contribution in [0.3, 0.4) is 0 Å². The normalized spacial score (nSPS) is 19.5. The zero-order valence-electron chi connectivity index (χ0n) is 15.1. The molecule has 1 aromatic carbocycles. The van der Waals surface area contributed by atoms with Gasteiger partial charge in [-0.15, -0.1) is 0 Å². The topological polar surface area (TPSA) is 61.4 Å². The molecule has 3 rings (SSSR count). The van der Waals surface area contributed by atoms with E-state index in [9.17, 15) is 9.59 Å². The van der Waals surface area contributed by atoms with Crippen LogP contribution < -0.4 is 10.6 Å². The minimum atomic E-state index is -0.0461. The Kier molecular flexibility index (Phi) is 5.95. The van der Waals surface area contributed by atoms with Gasteiger partial charge >= 0.3 is 6.03 Å². The second kappa shape index (κ2) is 8.37. The zero-order valence-corrected chi connectivity index (χ0v) is 15.1. The second-order valence-corrected chi connectivity index (χ2v) is 7.39. The number of urea groups is 1. The van der Waals surface area contributed by atoms with Gasteiger partial charge in [-0.25, -0.2) is 4.79 Å². The minimum absolute atomic E-state index is 0.0461. The summed E-state index contributed by atoms with van der Waals surface area (Å²) in [6.07, 6.45) is 7.53. The molecule has 1 heterocycles. The predicted octanol–water partition coefficient (Wildman–Crippen LogP) is 3.23. The Bertz CT molecular complexity index is 585. The number of amides is 3. The lowest BCUT2D eigenvalue weighted by molar-refractivity contribution is 0.0708. The van der Waals surface area contributed by atoms with Gasteiger partial charge in [0.15, 0.2) is 0 Å². The van der Waals surface area contributed by atoms with Gasteiger partial charge in [-0.05, 0) is 44.7 Å². The van der Waals surface area contributed by atoms with Crippen LogP contribution in [0.2, 0.25) is 0 Å². The molecule has 5 heteroatoms. The van der Waals surface area contributed by atoms with Crippen LogP contribution in [0.25, 0.3) is 0 Å². The van der Waals surface area contributed by atoms with Crippen LogP contribution in [0.1, 0.15) is 60.9 Å². The second-order valence-electron chi connectivity index (χ2n) is 7.39. The van der Waals surface area contributed by atoms with E-state index in [-0.39, 0.29) is 18.0 Å². The third-order valence-corrected chi connectivity index (χ3v) is 5.36. The molecule has 1 saturated heterocycles. The molecule has 0 unspecified atom stereocenters. The Hall–Kier alpha value is -2.04. The molecule has 3 amide bonds. The lowest BCUT2D eigenvalue weighted by atomic mass is 9.96. The largest absolute Gasteiger partial charge is 0.338 e. The molecule has 5 nitrogen and oxygen atoms in total. The van der Waals surface area contributed by atoms with E-state index in [0.717, 1.165) is 36.8 Å². The molecule has 136 valence electrons. The van der Waals surface area contributed by atoms with Gasteiger partial charge in [0.25, 0.3) is 5.91 Å². The molecule has 0 aromatic heterocycles. The van der Waals surface area contributed by atoms with Crippen molar-refractivity contribution in [1.82, 2.24) is 15.5 Å². The van der Waals surface area contributed by atoms with E-state index in [4.69, 9.17) is 0 Å². The molecule has 2 aliphatic rings. The van der Waals surface area contributed by atoms with Crippen molar-refractivity contribution in [2.45, 2.75) is 64.0 Å². The highest BCUT2D eigenvalue weighted by molar-refractivity contribution is 5.94. The summed E-state index contributed by atoms with van der Waals surface area (Å²) in [4.78, 5) is 26.6. The summed E-state index contributed by atoms with van der Waals surface area (Å²) in [5, 5.41) is 6.19. The molecule has 2 fully saturated rings. The van der Waals surface area contributed by atoms with Crippen molar-refractivity contribution in [3.63, 3.8) is 0 Å². The van der Waals surface area contributed by atoms with E-state index in [2.05, 4.69) is 10.6 Å². The first-order chi connectivity index (χ1) is 12.1. The standard InChI is InChI=1S/C20H29N3O2/c1-15-7-9-16(10-8-15)19(24)23-13-11-18(12-14-23)22-20(25)21-17-5-3-2-4-6-17/h7-10,17-18H,2-6,11-14H2,1H3,(H2,21,22,25). The molecule has 1 aliphatic carbocycles. The van der Waals surface area contributed by atoms with Crippen LogP contribution in [0.5, 0.6) is 0 Å². The van der Waals surface area contributed by atoms with Crippen LogP contribution in [0.15, 0.2) is 24.3 Å². The summed E-state index contributed by atoms with van der Waals surface area (Å²) in [6.45, 7) is 3.41. The molecular formula is C20H29N3O2. The summed E-state index contributed by atoms with van der Waals surface area (Å²) < 4.78 is 0. The number of hydrogen-bond donors (Lipinski definition) is 2. The van der Waals surface area contributed by atoms with Gasteiger partial charge < -0.3 is 15.5 Å². The number of nitrogens with one attached hydrogen (secondary N) is 2. The number of hydrogen-bond acceptors (Lipinski definition) is 2. The first kappa shape index (κ1) is 17.8. The Morgan fingerprint density at radius 1 is 0.880 bits per heavy atom. The number of carbonyl (C=O) groups is 2. The van der Waals surface area contributed by atoms with E-state index >= 15 is 0 Å².